The second-order valence-corrected chi connectivity index (χ2v) is 7.28. The molecule has 2 aromatic rings. The highest BCUT2D eigenvalue weighted by molar-refractivity contribution is 9.10. The molecular weight excluding hydrogens is 350 g/mol. The Kier molecular flexibility index (Phi) is 4.86. The molecule has 120 valence electrons. The quantitative estimate of drug-likeness (QED) is 0.740. The van der Waals surface area contributed by atoms with E-state index in [-0.39, 0.29) is 11.8 Å². The van der Waals surface area contributed by atoms with Crippen LogP contribution in [0.4, 0.5) is 0 Å². The van der Waals surface area contributed by atoms with Gasteiger partial charge in [0.05, 0.1) is 0 Å². The van der Waals surface area contributed by atoms with Crippen LogP contribution in [0.15, 0.2) is 53.0 Å². The first-order valence-electron chi connectivity index (χ1n) is 8.16. The second-order valence-electron chi connectivity index (χ2n) is 6.36. The van der Waals surface area contributed by atoms with Gasteiger partial charge in [-0.25, -0.2) is 0 Å². The van der Waals surface area contributed by atoms with E-state index < -0.39 is 0 Å². The van der Waals surface area contributed by atoms with Gasteiger partial charge in [0, 0.05) is 24.0 Å². The van der Waals surface area contributed by atoms with Crippen molar-refractivity contribution in [2.24, 2.45) is 5.92 Å². The summed E-state index contributed by atoms with van der Waals surface area (Å²) in [6.07, 6.45) is 2.02. The molecule has 0 heterocycles. The van der Waals surface area contributed by atoms with Crippen LogP contribution in [-0.2, 0) is 17.8 Å². The number of nitrogens with zero attached hydrogens (tertiary/aromatic N) is 1. The molecule has 0 aromatic heterocycles. The summed E-state index contributed by atoms with van der Waals surface area (Å²) in [5.74, 6) is 0.800. The van der Waals surface area contributed by atoms with Crippen molar-refractivity contribution >= 4 is 21.8 Å². The van der Waals surface area contributed by atoms with E-state index in [1.807, 2.05) is 24.1 Å². The smallest absolute Gasteiger partial charge is 0.226 e. The zero-order chi connectivity index (χ0) is 16.4. The first-order valence-corrected chi connectivity index (χ1v) is 8.96. The minimum Gasteiger partial charge on any atom is -0.341 e. The van der Waals surface area contributed by atoms with Crippen molar-refractivity contribution in [3.63, 3.8) is 0 Å². The Bertz CT molecular complexity index is 678. The van der Waals surface area contributed by atoms with Crippen molar-refractivity contribution in [3.8, 4) is 0 Å². The number of hydrogen-bond acceptors (Lipinski definition) is 1. The van der Waals surface area contributed by atoms with Crippen LogP contribution in [0.5, 0.6) is 0 Å². The van der Waals surface area contributed by atoms with Crippen LogP contribution in [-0.4, -0.2) is 17.9 Å². The highest BCUT2D eigenvalue weighted by atomic mass is 79.9. The minimum absolute atomic E-state index is 0.149. The van der Waals surface area contributed by atoms with Crippen LogP contribution in [0, 0.1) is 5.92 Å². The topological polar surface area (TPSA) is 20.3 Å². The summed E-state index contributed by atoms with van der Waals surface area (Å²) in [7, 11) is 1.91. The molecule has 0 bridgehead atoms. The average molecular weight is 372 g/mol. The molecule has 1 fully saturated rings. The lowest BCUT2D eigenvalue weighted by Gasteiger charge is -2.17. The molecular formula is C20H22BrNO. The van der Waals surface area contributed by atoms with E-state index >= 15 is 0 Å². The molecule has 3 rings (SSSR count). The molecule has 3 heteroatoms. The Balaban J connectivity index is 1.58. The summed E-state index contributed by atoms with van der Waals surface area (Å²) in [5, 5.41) is 0. The molecule has 1 aliphatic carbocycles. The second kappa shape index (κ2) is 6.88. The summed E-state index contributed by atoms with van der Waals surface area (Å²) in [5.41, 5.74) is 3.80. The molecule has 0 radical (unpaired) electrons. The number of aryl methyl sites for hydroxylation is 1. The first kappa shape index (κ1) is 16.3. The molecule has 1 amide bonds. The van der Waals surface area contributed by atoms with Crippen LogP contribution >= 0.6 is 15.9 Å². The molecule has 0 N–H and O–H groups in total. The Morgan fingerprint density at radius 1 is 1.09 bits per heavy atom. The molecule has 23 heavy (non-hydrogen) atoms. The van der Waals surface area contributed by atoms with Gasteiger partial charge in [0.2, 0.25) is 5.91 Å². The molecule has 2 atom stereocenters. The Morgan fingerprint density at radius 2 is 1.70 bits per heavy atom. The SMILES string of the molecule is CCc1ccc(CN(C)C(=O)C2CC2c2ccc(Br)cc2)cc1. The van der Waals surface area contributed by atoms with Crippen molar-refractivity contribution in [1.82, 2.24) is 4.90 Å². The van der Waals surface area contributed by atoms with Gasteiger partial charge in [-0.2, -0.15) is 0 Å². The first-order chi connectivity index (χ1) is 11.1. The van der Waals surface area contributed by atoms with Crippen LogP contribution in [0.3, 0.4) is 0 Å². The summed E-state index contributed by atoms with van der Waals surface area (Å²) in [6, 6.07) is 16.9. The lowest BCUT2D eigenvalue weighted by Crippen LogP contribution is -2.28. The van der Waals surface area contributed by atoms with E-state index in [2.05, 4.69) is 59.3 Å². The van der Waals surface area contributed by atoms with Crippen molar-refractivity contribution in [1.29, 1.82) is 0 Å². The van der Waals surface area contributed by atoms with E-state index in [0.29, 0.717) is 12.5 Å². The van der Waals surface area contributed by atoms with Crippen LogP contribution in [0.1, 0.15) is 36.0 Å². The van der Waals surface area contributed by atoms with E-state index in [4.69, 9.17) is 0 Å². The molecule has 0 aliphatic heterocycles. The van der Waals surface area contributed by atoms with Gasteiger partial charge in [0.15, 0.2) is 0 Å². The summed E-state index contributed by atoms with van der Waals surface area (Å²) in [6.45, 7) is 2.84. The molecule has 2 nitrogen and oxygen atoms in total. The molecule has 2 aromatic carbocycles. The zero-order valence-corrected chi connectivity index (χ0v) is 15.2. The number of carbonyl (C=O) groups excluding carboxylic acids is 1. The number of halogens is 1. The summed E-state index contributed by atoms with van der Waals surface area (Å²) >= 11 is 3.45. The Morgan fingerprint density at radius 3 is 2.30 bits per heavy atom. The van der Waals surface area contributed by atoms with Gasteiger partial charge in [0.25, 0.3) is 0 Å². The number of hydrogen-bond donors (Lipinski definition) is 0. The van der Waals surface area contributed by atoms with Crippen molar-refractivity contribution in [2.75, 3.05) is 7.05 Å². The monoisotopic (exact) mass is 371 g/mol. The number of benzene rings is 2. The van der Waals surface area contributed by atoms with Gasteiger partial charge in [-0.15, -0.1) is 0 Å². The Hall–Kier alpha value is -1.61. The standard InChI is InChI=1S/C20H22BrNO/c1-3-14-4-6-15(7-5-14)13-22(2)20(23)19-12-18(19)16-8-10-17(21)11-9-16/h4-11,18-19H,3,12-13H2,1-2H3. The molecule has 0 saturated heterocycles. The molecule has 0 spiro atoms. The van der Waals surface area contributed by atoms with Crippen molar-refractivity contribution in [3.05, 3.63) is 69.7 Å². The van der Waals surface area contributed by atoms with E-state index in [1.165, 1.54) is 16.7 Å². The van der Waals surface area contributed by atoms with Gasteiger partial charge >= 0.3 is 0 Å². The third kappa shape index (κ3) is 3.84. The van der Waals surface area contributed by atoms with Gasteiger partial charge in [0.1, 0.15) is 0 Å². The third-order valence-corrected chi connectivity index (χ3v) is 5.16. The van der Waals surface area contributed by atoms with Gasteiger partial charge in [-0.3, -0.25) is 4.79 Å². The largest absolute Gasteiger partial charge is 0.341 e. The summed E-state index contributed by atoms with van der Waals surface area (Å²) < 4.78 is 1.08. The maximum Gasteiger partial charge on any atom is 0.226 e. The zero-order valence-electron chi connectivity index (χ0n) is 13.6. The number of carbonyl (C=O) groups is 1. The van der Waals surface area contributed by atoms with Crippen molar-refractivity contribution in [2.45, 2.75) is 32.2 Å². The Labute approximate surface area is 146 Å². The average Bonchev–Trinajstić information content (AvgIpc) is 3.36. The fourth-order valence-electron chi connectivity index (χ4n) is 3.06. The molecule has 2 unspecified atom stereocenters. The lowest BCUT2D eigenvalue weighted by atomic mass is 10.1. The van der Waals surface area contributed by atoms with Gasteiger partial charge in [-0.05, 0) is 47.6 Å². The maximum atomic E-state index is 12.6. The maximum absolute atomic E-state index is 12.6. The predicted octanol–water partition coefficient (Wildman–Crippen LogP) is 4.77. The van der Waals surface area contributed by atoms with E-state index in [1.54, 1.807) is 0 Å². The number of amides is 1. The van der Waals surface area contributed by atoms with Crippen LogP contribution in [0.25, 0.3) is 0 Å². The van der Waals surface area contributed by atoms with Crippen LogP contribution in [0.2, 0.25) is 0 Å². The molecule has 1 aliphatic rings. The minimum atomic E-state index is 0.149. The normalized spacial score (nSPS) is 19.4. The number of rotatable bonds is 5. The van der Waals surface area contributed by atoms with Gasteiger partial charge < -0.3 is 4.90 Å². The fraction of sp³-hybridized carbons (Fsp3) is 0.350. The van der Waals surface area contributed by atoms with E-state index in [0.717, 1.165) is 17.3 Å². The van der Waals surface area contributed by atoms with Gasteiger partial charge in [-0.1, -0.05) is 59.3 Å². The summed E-state index contributed by atoms with van der Waals surface area (Å²) in [4.78, 5) is 14.5. The fourth-order valence-corrected chi connectivity index (χ4v) is 3.33. The van der Waals surface area contributed by atoms with Crippen LogP contribution < -0.4 is 0 Å². The highest BCUT2D eigenvalue weighted by Crippen LogP contribution is 2.48. The highest BCUT2D eigenvalue weighted by Gasteiger charge is 2.45. The van der Waals surface area contributed by atoms with Crippen molar-refractivity contribution < 1.29 is 4.79 Å². The lowest BCUT2D eigenvalue weighted by molar-refractivity contribution is -0.131. The third-order valence-electron chi connectivity index (χ3n) is 4.63. The molecule has 1 saturated carbocycles. The predicted molar refractivity (Wildman–Crippen MR) is 97.3 cm³/mol. The van der Waals surface area contributed by atoms with E-state index in [9.17, 15) is 4.79 Å².